The summed E-state index contributed by atoms with van der Waals surface area (Å²) in [7, 11) is 0. The van der Waals surface area contributed by atoms with E-state index < -0.39 is 5.97 Å². The Bertz CT molecular complexity index is 1390. The number of hydrogen-bond donors (Lipinski definition) is 1. The van der Waals surface area contributed by atoms with Crippen molar-refractivity contribution in [1.29, 1.82) is 5.26 Å². The lowest BCUT2D eigenvalue weighted by Gasteiger charge is -2.19. The van der Waals surface area contributed by atoms with Crippen LogP contribution in [0.2, 0.25) is 0 Å². The fourth-order valence-electron chi connectivity index (χ4n) is 3.80. The Kier molecular flexibility index (Phi) is 5.96. The summed E-state index contributed by atoms with van der Waals surface area (Å²) in [5, 5.41) is 17.5. The lowest BCUT2D eigenvalue weighted by molar-refractivity contribution is -0.128. The van der Waals surface area contributed by atoms with Gasteiger partial charge in [0, 0.05) is 17.0 Å². The van der Waals surface area contributed by atoms with E-state index in [0.717, 1.165) is 44.8 Å². The van der Waals surface area contributed by atoms with Crippen LogP contribution in [0.25, 0.3) is 22.0 Å². The second-order valence-electron chi connectivity index (χ2n) is 7.19. The molecule has 0 aliphatic carbocycles. The first kappa shape index (κ1) is 20.8. The van der Waals surface area contributed by atoms with E-state index in [1.54, 1.807) is 18.3 Å². The predicted molar refractivity (Wildman–Crippen MR) is 126 cm³/mol. The Morgan fingerprint density at radius 3 is 2.75 bits per heavy atom. The second-order valence-corrected chi connectivity index (χ2v) is 7.19. The van der Waals surface area contributed by atoms with Crippen LogP contribution in [0, 0.1) is 11.3 Å². The normalized spacial score (nSPS) is 11.5. The molecule has 0 spiro atoms. The molecule has 1 heterocycles. The number of hydrogen-bond acceptors (Lipinski definition) is 4. The number of nitriles is 1. The zero-order valence-corrected chi connectivity index (χ0v) is 17.6. The number of ether oxygens (including phenoxy) is 1. The first-order valence-corrected chi connectivity index (χ1v) is 10.3. The van der Waals surface area contributed by atoms with Gasteiger partial charge in [-0.05, 0) is 59.0 Å². The third-order valence-electron chi connectivity index (χ3n) is 5.26. The van der Waals surface area contributed by atoms with Crippen molar-refractivity contribution in [2.24, 2.45) is 0 Å². The number of H-pyrrole nitrogens is 1. The average molecular weight is 419 g/mol. The number of carbonyl (C=O) groups is 1. The van der Waals surface area contributed by atoms with Gasteiger partial charge in [0.05, 0.1) is 23.3 Å². The molecule has 5 nitrogen and oxygen atoms in total. The topological polar surface area (TPSA) is 78.8 Å². The Balaban J connectivity index is 2.03. The van der Waals surface area contributed by atoms with Crippen molar-refractivity contribution < 1.29 is 9.53 Å². The molecule has 0 unspecified atom stereocenters. The molecule has 3 aromatic carbocycles. The van der Waals surface area contributed by atoms with Crippen molar-refractivity contribution in [3.63, 3.8) is 0 Å². The standard InChI is InChI=1S/C27H21N3O2/c1-3-22(19-9-7-8-18(14-19)16-28)27(20-12-13-24-21(15-20)17-29-30-24)23-10-5-6-11-25(23)32-26(31)4-2/h4-15,17H,2-3H2,1H3,(H,29,30)/b27-22+. The summed E-state index contributed by atoms with van der Waals surface area (Å²) in [4.78, 5) is 12.0. The highest BCUT2D eigenvalue weighted by atomic mass is 16.5. The molecular formula is C27H21N3O2. The zero-order chi connectivity index (χ0) is 22.5. The molecule has 0 aliphatic heterocycles. The third kappa shape index (κ3) is 4.07. The van der Waals surface area contributed by atoms with Crippen LogP contribution >= 0.6 is 0 Å². The molecule has 1 aromatic heterocycles. The van der Waals surface area contributed by atoms with E-state index in [1.807, 2.05) is 48.5 Å². The highest BCUT2D eigenvalue weighted by molar-refractivity contribution is 6.02. The maximum atomic E-state index is 12.0. The molecular weight excluding hydrogens is 398 g/mol. The van der Waals surface area contributed by atoms with Crippen LogP contribution in [-0.4, -0.2) is 16.2 Å². The van der Waals surface area contributed by atoms with Crippen molar-refractivity contribution in [2.45, 2.75) is 13.3 Å². The van der Waals surface area contributed by atoms with E-state index in [1.165, 1.54) is 0 Å². The quantitative estimate of drug-likeness (QED) is 0.183. The monoisotopic (exact) mass is 419 g/mol. The molecule has 0 amide bonds. The van der Waals surface area contributed by atoms with Gasteiger partial charge in [0.25, 0.3) is 0 Å². The molecule has 0 bridgehead atoms. The van der Waals surface area contributed by atoms with Gasteiger partial charge in [0.2, 0.25) is 0 Å². The number of aromatic nitrogens is 2. The van der Waals surface area contributed by atoms with E-state index in [4.69, 9.17) is 4.74 Å². The van der Waals surface area contributed by atoms with Gasteiger partial charge >= 0.3 is 5.97 Å². The molecule has 4 rings (SSSR count). The van der Waals surface area contributed by atoms with E-state index in [2.05, 4.69) is 35.8 Å². The molecule has 5 heteroatoms. The zero-order valence-electron chi connectivity index (χ0n) is 17.6. The summed E-state index contributed by atoms with van der Waals surface area (Å²) >= 11 is 0. The Morgan fingerprint density at radius 1 is 1.12 bits per heavy atom. The summed E-state index contributed by atoms with van der Waals surface area (Å²) in [6.07, 6.45) is 3.63. The van der Waals surface area contributed by atoms with E-state index in [0.29, 0.717) is 17.7 Å². The highest BCUT2D eigenvalue weighted by Gasteiger charge is 2.18. The number of allylic oxidation sites excluding steroid dienone is 1. The summed E-state index contributed by atoms with van der Waals surface area (Å²) in [5.41, 5.74) is 6.17. The fourth-order valence-corrected chi connectivity index (χ4v) is 3.80. The van der Waals surface area contributed by atoms with Gasteiger partial charge in [-0.15, -0.1) is 0 Å². The molecule has 0 atom stereocenters. The molecule has 156 valence electrons. The number of nitrogens with one attached hydrogen (secondary N) is 1. The first-order valence-electron chi connectivity index (χ1n) is 10.3. The maximum Gasteiger partial charge on any atom is 0.335 e. The number of benzene rings is 3. The van der Waals surface area contributed by atoms with E-state index in [-0.39, 0.29) is 0 Å². The molecule has 32 heavy (non-hydrogen) atoms. The minimum atomic E-state index is -0.522. The smallest absolute Gasteiger partial charge is 0.335 e. The van der Waals surface area contributed by atoms with Crippen LogP contribution in [0.3, 0.4) is 0 Å². The third-order valence-corrected chi connectivity index (χ3v) is 5.26. The lowest BCUT2D eigenvalue weighted by Crippen LogP contribution is -2.06. The molecule has 4 aromatic rings. The van der Waals surface area contributed by atoms with Crippen LogP contribution in [0.15, 0.2) is 85.6 Å². The SMILES string of the molecule is C=CC(=O)Oc1ccccc1/C(=C(\CC)c1cccc(C#N)c1)c1ccc2[nH]ncc2c1. The van der Waals surface area contributed by atoms with Crippen molar-refractivity contribution in [3.8, 4) is 11.8 Å². The van der Waals surface area contributed by atoms with Crippen LogP contribution in [0.1, 0.15) is 35.6 Å². The number of rotatable bonds is 6. The molecule has 0 saturated heterocycles. The van der Waals surface area contributed by atoms with Crippen molar-refractivity contribution in [3.05, 3.63) is 108 Å². The van der Waals surface area contributed by atoms with Crippen LogP contribution in [0.5, 0.6) is 5.75 Å². The summed E-state index contributed by atoms with van der Waals surface area (Å²) in [6.45, 7) is 5.58. The Morgan fingerprint density at radius 2 is 1.97 bits per heavy atom. The minimum Gasteiger partial charge on any atom is -0.423 e. The molecule has 0 aliphatic rings. The van der Waals surface area contributed by atoms with Gasteiger partial charge in [0.15, 0.2) is 0 Å². The Hall–Kier alpha value is -4.43. The Labute approximate surface area is 186 Å². The number of nitrogens with zero attached hydrogens (tertiary/aromatic N) is 2. The molecule has 0 radical (unpaired) electrons. The van der Waals surface area contributed by atoms with E-state index >= 15 is 0 Å². The number of aromatic amines is 1. The number of carbonyl (C=O) groups excluding carboxylic acids is 1. The molecule has 0 saturated carbocycles. The second kappa shape index (κ2) is 9.15. The number of para-hydroxylation sites is 1. The maximum absolute atomic E-state index is 12.0. The number of esters is 1. The van der Waals surface area contributed by atoms with Gasteiger partial charge in [-0.1, -0.05) is 49.9 Å². The molecule has 1 N–H and O–H groups in total. The summed E-state index contributed by atoms with van der Waals surface area (Å²) < 4.78 is 5.58. The van der Waals surface area contributed by atoms with Gasteiger partial charge in [-0.3, -0.25) is 5.10 Å². The minimum absolute atomic E-state index is 0.446. The lowest BCUT2D eigenvalue weighted by atomic mass is 9.87. The highest BCUT2D eigenvalue weighted by Crippen LogP contribution is 2.39. The van der Waals surface area contributed by atoms with Crippen molar-refractivity contribution >= 4 is 28.0 Å². The average Bonchev–Trinajstić information content (AvgIpc) is 3.31. The van der Waals surface area contributed by atoms with Crippen LogP contribution in [-0.2, 0) is 4.79 Å². The fraction of sp³-hybridized carbons (Fsp3) is 0.0741. The number of fused-ring (bicyclic) bond motifs is 1. The van der Waals surface area contributed by atoms with E-state index in [9.17, 15) is 10.1 Å². The molecule has 0 fully saturated rings. The van der Waals surface area contributed by atoms with Gasteiger partial charge in [-0.25, -0.2) is 4.79 Å². The van der Waals surface area contributed by atoms with Crippen molar-refractivity contribution in [2.75, 3.05) is 0 Å². The summed E-state index contributed by atoms with van der Waals surface area (Å²) in [5.74, 6) is -0.0753. The summed E-state index contributed by atoms with van der Waals surface area (Å²) in [6, 6.07) is 23.3. The van der Waals surface area contributed by atoms with Gasteiger partial charge < -0.3 is 4.74 Å². The largest absolute Gasteiger partial charge is 0.423 e. The van der Waals surface area contributed by atoms with Crippen molar-refractivity contribution in [1.82, 2.24) is 10.2 Å². The van der Waals surface area contributed by atoms with Crippen LogP contribution in [0.4, 0.5) is 0 Å². The van der Waals surface area contributed by atoms with Gasteiger partial charge in [-0.2, -0.15) is 10.4 Å². The predicted octanol–water partition coefficient (Wildman–Crippen LogP) is 5.90. The van der Waals surface area contributed by atoms with Crippen LogP contribution < -0.4 is 4.74 Å². The van der Waals surface area contributed by atoms with Gasteiger partial charge in [0.1, 0.15) is 5.75 Å². The first-order chi connectivity index (χ1) is 15.6.